The molecule has 1 aliphatic rings. The maximum absolute atomic E-state index is 14.4. The number of halogens is 1. The van der Waals surface area contributed by atoms with Gasteiger partial charge in [0.25, 0.3) is 5.91 Å². The van der Waals surface area contributed by atoms with Gasteiger partial charge in [-0.3, -0.25) is 15.1 Å². The molecule has 1 saturated carbocycles. The quantitative estimate of drug-likeness (QED) is 0.426. The second kappa shape index (κ2) is 9.98. The normalized spacial score (nSPS) is 19.4. The molecule has 0 aliphatic heterocycles. The lowest BCUT2D eigenvalue weighted by Gasteiger charge is -2.26. The van der Waals surface area contributed by atoms with Gasteiger partial charge in [0.2, 0.25) is 5.82 Å². The van der Waals surface area contributed by atoms with Crippen molar-refractivity contribution in [1.29, 1.82) is 0 Å². The number of nitrogens with one attached hydrogen (secondary N) is 3. The van der Waals surface area contributed by atoms with E-state index >= 15 is 0 Å². The fraction of sp³-hybridized carbons (Fsp3) is 0.333. The van der Waals surface area contributed by atoms with E-state index in [9.17, 15) is 9.18 Å². The van der Waals surface area contributed by atoms with Gasteiger partial charge in [0.1, 0.15) is 5.56 Å². The highest BCUT2D eigenvalue weighted by atomic mass is 19.1. The zero-order valence-corrected chi connectivity index (χ0v) is 17.4. The third kappa shape index (κ3) is 5.76. The van der Waals surface area contributed by atoms with E-state index in [1.54, 1.807) is 13.0 Å². The van der Waals surface area contributed by atoms with Crippen LogP contribution in [0.1, 0.15) is 43.0 Å². The molecular weight excluding hydrogens is 399 g/mol. The van der Waals surface area contributed by atoms with Crippen LogP contribution in [-0.2, 0) is 0 Å². The first-order chi connectivity index (χ1) is 14.9. The number of aromatic nitrogens is 2. The van der Waals surface area contributed by atoms with Crippen LogP contribution in [0.15, 0.2) is 41.2 Å². The van der Waals surface area contributed by atoms with Gasteiger partial charge >= 0.3 is 5.95 Å². The van der Waals surface area contributed by atoms with E-state index in [4.69, 9.17) is 17.2 Å². The summed E-state index contributed by atoms with van der Waals surface area (Å²) in [7, 11) is 0. The van der Waals surface area contributed by atoms with Crippen LogP contribution in [0.4, 0.5) is 27.5 Å². The average Bonchev–Trinajstić information content (AvgIpc) is 2.74. The Labute approximate surface area is 180 Å². The smallest absolute Gasteiger partial charge is 0.391 e. The highest BCUT2D eigenvalue weighted by Gasteiger charge is 2.27. The molecule has 0 spiro atoms. The molecule has 2 atom stereocenters. The second-order valence-corrected chi connectivity index (χ2v) is 7.53. The van der Waals surface area contributed by atoms with Crippen molar-refractivity contribution in [2.45, 2.75) is 44.7 Å². The lowest BCUT2D eigenvalue weighted by molar-refractivity contribution is -0.365. The number of amides is 1. The number of aliphatic imine (C=N–C) groups is 1. The number of hydrogen-bond acceptors (Lipinski definition) is 7. The summed E-state index contributed by atoms with van der Waals surface area (Å²) in [5, 5.41) is 6.24. The number of H-pyrrole nitrogens is 1. The first-order valence-corrected chi connectivity index (χ1v) is 10.1. The van der Waals surface area contributed by atoms with Crippen molar-refractivity contribution < 1.29 is 14.2 Å². The van der Waals surface area contributed by atoms with E-state index in [0.717, 1.165) is 25.7 Å². The van der Waals surface area contributed by atoms with Crippen LogP contribution >= 0.6 is 0 Å². The zero-order valence-electron chi connectivity index (χ0n) is 17.4. The number of primary amides is 1. The number of anilines is 3. The van der Waals surface area contributed by atoms with Gasteiger partial charge in [-0.25, -0.2) is 9.37 Å². The SMILES string of the molecule is CC(C=Nc1ccc(Nc2nc(N[C@@H]3CCCC[C@@H]3N)[nH+]cc2C(N)=O)cc1F)=CN. The van der Waals surface area contributed by atoms with Gasteiger partial charge in [-0.15, -0.1) is 0 Å². The number of rotatable bonds is 7. The molecule has 3 rings (SSSR count). The summed E-state index contributed by atoms with van der Waals surface area (Å²) in [6, 6.07) is 4.50. The van der Waals surface area contributed by atoms with Crippen molar-refractivity contribution in [1.82, 2.24) is 4.98 Å². The van der Waals surface area contributed by atoms with Gasteiger partial charge in [-0.05, 0) is 56.2 Å². The van der Waals surface area contributed by atoms with Crippen LogP contribution in [0.3, 0.4) is 0 Å². The molecule has 10 heteroatoms. The number of nitrogens with two attached hydrogens (primary N) is 3. The summed E-state index contributed by atoms with van der Waals surface area (Å²) in [4.78, 5) is 23.3. The summed E-state index contributed by atoms with van der Waals surface area (Å²) in [5.74, 6) is -0.560. The van der Waals surface area contributed by atoms with Gasteiger partial charge < -0.3 is 22.5 Å². The molecule has 1 amide bonds. The van der Waals surface area contributed by atoms with Crippen molar-refractivity contribution in [3.05, 3.63) is 47.5 Å². The molecule has 0 saturated heterocycles. The minimum atomic E-state index is -0.669. The molecule has 9 N–H and O–H groups in total. The Morgan fingerprint density at radius 3 is 2.81 bits per heavy atom. The fourth-order valence-electron chi connectivity index (χ4n) is 3.33. The number of nitrogens with zero attached hydrogens (tertiary/aromatic N) is 2. The summed E-state index contributed by atoms with van der Waals surface area (Å²) >= 11 is 0. The van der Waals surface area contributed by atoms with Crippen LogP contribution in [0, 0.1) is 5.82 Å². The molecule has 31 heavy (non-hydrogen) atoms. The Kier molecular flexibility index (Phi) is 7.14. The van der Waals surface area contributed by atoms with Crippen LogP contribution in [0.2, 0.25) is 0 Å². The van der Waals surface area contributed by atoms with Gasteiger partial charge in [0.15, 0.2) is 5.82 Å². The maximum atomic E-state index is 14.4. The molecule has 0 bridgehead atoms. The topological polar surface area (TPSA) is 159 Å². The molecule has 0 radical (unpaired) electrons. The summed E-state index contributed by atoms with van der Waals surface area (Å²) in [6.07, 6.45) is 8.39. The van der Waals surface area contributed by atoms with E-state index in [1.165, 1.54) is 30.7 Å². The molecule has 164 valence electrons. The van der Waals surface area contributed by atoms with Crippen molar-refractivity contribution in [3.63, 3.8) is 0 Å². The van der Waals surface area contributed by atoms with Crippen molar-refractivity contribution in [2.24, 2.45) is 22.2 Å². The number of allylic oxidation sites excluding steroid dienone is 1. The molecule has 1 aromatic heterocycles. The van der Waals surface area contributed by atoms with Crippen LogP contribution in [0.25, 0.3) is 0 Å². The molecule has 9 nitrogen and oxygen atoms in total. The average molecular weight is 428 g/mol. The third-order valence-corrected chi connectivity index (χ3v) is 5.12. The van der Waals surface area contributed by atoms with E-state index in [0.29, 0.717) is 17.2 Å². The number of benzene rings is 1. The third-order valence-electron chi connectivity index (χ3n) is 5.12. The Bertz CT molecular complexity index is 1010. The highest BCUT2D eigenvalue weighted by molar-refractivity contribution is 5.97. The number of aromatic amines is 1. The zero-order chi connectivity index (χ0) is 22.4. The fourth-order valence-corrected chi connectivity index (χ4v) is 3.33. The number of carbonyl (C=O) groups excluding carboxylic acids is 1. The van der Waals surface area contributed by atoms with Gasteiger partial charge in [0, 0.05) is 17.9 Å². The van der Waals surface area contributed by atoms with Crippen molar-refractivity contribution in [3.8, 4) is 0 Å². The van der Waals surface area contributed by atoms with E-state index in [2.05, 4.69) is 25.6 Å². The summed E-state index contributed by atoms with van der Waals surface area (Å²) in [6.45, 7) is 1.76. The van der Waals surface area contributed by atoms with Crippen LogP contribution < -0.4 is 32.8 Å². The Morgan fingerprint density at radius 2 is 2.13 bits per heavy atom. The van der Waals surface area contributed by atoms with E-state index in [-0.39, 0.29) is 29.2 Å². The Hall–Kier alpha value is -3.53. The number of hydrogen-bond donors (Lipinski definition) is 5. The first kappa shape index (κ1) is 22.2. The summed E-state index contributed by atoms with van der Waals surface area (Å²) in [5.41, 5.74) is 18.4. The molecule has 1 aromatic carbocycles. The molecule has 1 fully saturated rings. The first-order valence-electron chi connectivity index (χ1n) is 10.1. The van der Waals surface area contributed by atoms with Crippen molar-refractivity contribution in [2.75, 3.05) is 10.6 Å². The predicted octanol–water partition coefficient (Wildman–Crippen LogP) is 2.12. The molecule has 1 heterocycles. The maximum Gasteiger partial charge on any atom is 0.391 e. The molecular formula is C21H28FN8O+. The van der Waals surface area contributed by atoms with E-state index in [1.807, 2.05) is 0 Å². The second-order valence-electron chi connectivity index (χ2n) is 7.53. The highest BCUT2D eigenvalue weighted by Crippen LogP contribution is 2.25. The predicted molar refractivity (Wildman–Crippen MR) is 119 cm³/mol. The van der Waals surface area contributed by atoms with Crippen molar-refractivity contribution >= 4 is 35.3 Å². The minimum Gasteiger partial charge on any atom is -0.404 e. The standard InChI is InChI=1S/C21H27FN8O/c1-12(9-23)10-26-17-7-6-13(8-15(17)22)28-20-14(19(25)31)11-27-21(30-20)29-18-5-3-2-4-16(18)24/h6-11,16,18H,2-5,23-24H2,1H3,(H2,25,31)(H2,27,28,29,30)/p+1/t16-,18+/m0/s1. The molecule has 0 unspecified atom stereocenters. The molecule has 1 aliphatic carbocycles. The number of carbonyl (C=O) groups is 1. The Balaban J connectivity index is 1.83. The van der Waals surface area contributed by atoms with E-state index < -0.39 is 11.7 Å². The lowest BCUT2D eigenvalue weighted by atomic mass is 9.91. The van der Waals surface area contributed by atoms with Crippen LogP contribution in [-0.4, -0.2) is 29.2 Å². The minimum absolute atomic E-state index is 0.0242. The van der Waals surface area contributed by atoms with Crippen LogP contribution in [0.5, 0.6) is 0 Å². The van der Waals surface area contributed by atoms with Gasteiger partial charge in [-0.2, -0.15) is 0 Å². The lowest BCUT2D eigenvalue weighted by Crippen LogP contribution is -2.44. The van der Waals surface area contributed by atoms with Gasteiger partial charge in [-0.1, -0.05) is 11.4 Å². The Morgan fingerprint density at radius 1 is 1.35 bits per heavy atom. The monoisotopic (exact) mass is 427 g/mol. The molecule has 2 aromatic rings. The largest absolute Gasteiger partial charge is 0.404 e. The summed E-state index contributed by atoms with van der Waals surface area (Å²) < 4.78 is 14.4. The van der Waals surface area contributed by atoms with Gasteiger partial charge in [0.05, 0.1) is 17.9 Å².